The Kier molecular flexibility index (Phi) is 5.91. The van der Waals surface area contributed by atoms with Crippen molar-refractivity contribution in [1.82, 2.24) is 4.98 Å². The molecule has 1 heterocycles. The van der Waals surface area contributed by atoms with Crippen LogP contribution in [0.15, 0.2) is 59.7 Å². The van der Waals surface area contributed by atoms with E-state index in [2.05, 4.69) is 40.8 Å². The molecule has 0 bridgehead atoms. The van der Waals surface area contributed by atoms with Crippen LogP contribution >= 0.6 is 11.6 Å². The summed E-state index contributed by atoms with van der Waals surface area (Å²) >= 11 is 5.80. The van der Waals surface area contributed by atoms with Crippen LogP contribution in [0.2, 0.25) is 5.15 Å². The summed E-state index contributed by atoms with van der Waals surface area (Å²) in [4.78, 5) is 8.63. The second kappa shape index (κ2) is 7.90. The number of halogens is 1. The zero-order valence-electron chi connectivity index (χ0n) is 13.1. The van der Waals surface area contributed by atoms with E-state index in [4.69, 9.17) is 11.6 Å². The highest BCUT2D eigenvalue weighted by Gasteiger charge is 2.04. The Morgan fingerprint density at radius 1 is 1.09 bits per heavy atom. The molecule has 0 amide bonds. The van der Waals surface area contributed by atoms with Gasteiger partial charge in [0.1, 0.15) is 5.15 Å². The Morgan fingerprint density at radius 2 is 1.73 bits per heavy atom. The summed E-state index contributed by atoms with van der Waals surface area (Å²) in [5.74, 6) is 0. The maximum absolute atomic E-state index is 5.80. The normalized spacial score (nSPS) is 11.5. The van der Waals surface area contributed by atoms with Crippen LogP contribution in [-0.2, 0) is 12.8 Å². The number of rotatable bonds is 6. The van der Waals surface area contributed by atoms with Gasteiger partial charge in [0.2, 0.25) is 0 Å². The van der Waals surface area contributed by atoms with Gasteiger partial charge in [-0.2, -0.15) is 0 Å². The summed E-state index contributed by atoms with van der Waals surface area (Å²) in [5.41, 5.74) is 5.63. The van der Waals surface area contributed by atoms with Crippen LogP contribution in [0.4, 0.5) is 0 Å². The quantitative estimate of drug-likeness (QED) is 0.550. The summed E-state index contributed by atoms with van der Waals surface area (Å²) < 4.78 is 0. The van der Waals surface area contributed by atoms with Gasteiger partial charge in [-0.25, -0.2) is 4.98 Å². The maximum Gasteiger partial charge on any atom is 0.129 e. The molecule has 3 heteroatoms. The van der Waals surface area contributed by atoms with E-state index in [0.717, 1.165) is 36.2 Å². The summed E-state index contributed by atoms with van der Waals surface area (Å²) in [6, 6.07) is 12.4. The first-order valence-electron chi connectivity index (χ1n) is 7.50. The van der Waals surface area contributed by atoms with Gasteiger partial charge in [-0.15, -0.1) is 0 Å². The van der Waals surface area contributed by atoms with Crippen molar-refractivity contribution in [3.8, 4) is 0 Å². The highest BCUT2D eigenvalue weighted by atomic mass is 35.5. The van der Waals surface area contributed by atoms with E-state index in [1.807, 2.05) is 32.2 Å². The fourth-order valence-electron chi connectivity index (χ4n) is 2.30. The number of benzene rings is 1. The van der Waals surface area contributed by atoms with Crippen LogP contribution in [0.5, 0.6) is 0 Å². The van der Waals surface area contributed by atoms with Gasteiger partial charge >= 0.3 is 0 Å². The highest BCUT2D eigenvalue weighted by molar-refractivity contribution is 6.29. The molecule has 0 saturated carbocycles. The minimum absolute atomic E-state index is 0.538. The lowest BCUT2D eigenvalue weighted by molar-refractivity contribution is 0.950. The molecule has 0 unspecified atom stereocenters. The molecule has 22 heavy (non-hydrogen) atoms. The first-order valence-corrected chi connectivity index (χ1v) is 7.88. The van der Waals surface area contributed by atoms with Crippen LogP contribution in [0, 0.1) is 0 Å². The Labute approximate surface area is 137 Å². The van der Waals surface area contributed by atoms with Crippen LogP contribution in [0.3, 0.4) is 0 Å². The monoisotopic (exact) mass is 312 g/mol. The largest absolute Gasteiger partial charge is 0.285 e. The molecule has 0 fully saturated rings. The van der Waals surface area contributed by atoms with Crippen molar-refractivity contribution in [3.05, 3.63) is 76.6 Å². The third-order valence-electron chi connectivity index (χ3n) is 3.44. The van der Waals surface area contributed by atoms with Gasteiger partial charge in [0.05, 0.1) is 5.71 Å². The Morgan fingerprint density at radius 3 is 2.27 bits per heavy atom. The number of nitrogens with zero attached hydrogens (tertiary/aromatic N) is 2. The molecule has 0 aliphatic heterocycles. The first kappa shape index (κ1) is 16.4. The number of allylic oxidation sites excluding steroid dienone is 1. The number of aliphatic imine (C=N–C) groups is 1. The molecule has 2 rings (SSSR count). The van der Waals surface area contributed by atoms with Crippen LogP contribution < -0.4 is 0 Å². The van der Waals surface area contributed by atoms with Gasteiger partial charge in [-0.3, -0.25) is 4.99 Å². The molecule has 2 nitrogen and oxygen atoms in total. The van der Waals surface area contributed by atoms with E-state index >= 15 is 0 Å². The zero-order valence-corrected chi connectivity index (χ0v) is 13.9. The number of pyridine rings is 1. The van der Waals surface area contributed by atoms with E-state index in [9.17, 15) is 0 Å². The van der Waals surface area contributed by atoms with E-state index in [-0.39, 0.29) is 0 Å². The number of aryl methyl sites for hydroxylation is 2. The average molecular weight is 313 g/mol. The van der Waals surface area contributed by atoms with Gasteiger partial charge in [0.15, 0.2) is 0 Å². The van der Waals surface area contributed by atoms with Gasteiger partial charge in [-0.1, -0.05) is 48.5 Å². The van der Waals surface area contributed by atoms with E-state index < -0.39 is 0 Å². The third kappa shape index (κ3) is 4.54. The fraction of sp³-hybridized carbons (Fsp3) is 0.263. The van der Waals surface area contributed by atoms with Crippen molar-refractivity contribution >= 4 is 17.3 Å². The van der Waals surface area contributed by atoms with Gasteiger partial charge in [-0.05, 0) is 55.0 Å². The molecule has 0 radical (unpaired) electrons. The minimum Gasteiger partial charge on any atom is -0.285 e. The second-order valence-corrected chi connectivity index (χ2v) is 5.68. The van der Waals surface area contributed by atoms with Crippen molar-refractivity contribution in [3.63, 3.8) is 0 Å². The second-order valence-electron chi connectivity index (χ2n) is 5.29. The van der Waals surface area contributed by atoms with Gasteiger partial charge in [0.25, 0.3) is 0 Å². The lowest BCUT2D eigenvalue weighted by atomic mass is 10.0. The van der Waals surface area contributed by atoms with Crippen molar-refractivity contribution in [1.29, 1.82) is 0 Å². The van der Waals surface area contributed by atoms with E-state index in [0.29, 0.717) is 5.15 Å². The molecule has 2 aromatic rings. The Hall–Kier alpha value is -1.93. The molecule has 0 atom stereocenters. The predicted molar refractivity (Wildman–Crippen MR) is 95.0 cm³/mol. The highest BCUT2D eigenvalue weighted by Crippen LogP contribution is 2.13. The van der Waals surface area contributed by atoms with E-state index in [1.54, 1.807) is 0 Å². The molecular weight excluding hydrogens is 292 g/mol. The van der Waals surface area contributed by atoms with Crippen molar-refractivity contribution in [2.45, 2.75) is 26.7 Å². The standard InChI is InChI=1S/C19H21ClN2/c1-4-21-19(14(2)3)17-10-7-15(8-11-17)5-6-16-9-12-18(20)22-13-16/h7-13H,2,4-6H2,1,3H3. The summed E-state index contributed by atoms with van der Waals surface area (Å²) in [7, 11) is 0. The lowest BCUT2D eigenvalue weighted by Crippen LogP contribution is -2.03. The maximum atomic E-state index is 5.80. The van der Waals surface area contributed by atoms with Crippen LogP contribution in [-0.4, -0.2) is 17.2 Å². The SMILES string of the molecule is C=C(C)C(=NCC)c1ccc(CCc2ccc(Cl)nc2)cc1. The smallest absolute Gasteiger partial charge is 0.129 e. The average Bonchev–Trinajstić information content (AvgIpc) is 2.52. The molecule has 0 aliphatic rings. The van der Waals surface area contributed by atoms with Gasteiger partial charge < -0.3 is 0 Å². The number of aromatic nitrogens is 1. The Bertz CT molecular complexity index is 655. The van der Waals surface area contributed by atoms with E-state index in [1.165, 1.54) is 11.1 Å². The predicted octanol–water partition coefficient (Wildman–Crippen LogP) is 4.91. The molecular formula is C19H21ClN2. The molecule has 0 saturated heterocycles. The Balaban J connectivity index is 2.04. The molecule has 0 spiro atoms. The van der Waals surface area contributed by atoms with Crippen LogP contribution in [0.1, 0.15) is 30.5 Å². The molecule has 0 N–H and O–H groups in total. The van der Waals surface area contributed by atoms with Gasteiger partial charge in [0, 0.05) is 12.7 Å². The lowest BCUT2D eigenvalue weighted by Gasteiger charge is -2.08. The molecule has 1 aromatic heterocycles. The molecule has 114 valence electrons. The van der Waals surface area contributed by atoms with Crippen molar-refractivity contribution in [2.75, 3.05) is 6.54 Å². The number of hydrogen-bond donors (Lipinski definition) is 0. The van der Waals surface area contributed by atoms with Crippen LogP contribution in [0.25, 0.3) is 0 Å². The van der Waals surface area contributed by atoms with Crippen molar-refractivity contribution < 1.29 is 0 Å². The zero-order chi connectivity index (χ0) is 15.9. The third-order valence-corrected chi connectivity index (χ3v) is 3.66. The summed E-state index contributed by atoms with van der Waals surface area (Å²) in [6.07, 6.45) is 3.78. The summed E-state index contributed by atoms with van der Waals surface area (Å²) in [6.45, 7) is 8.81. The number of hydrogen-bond acceptors (Lipinski definition) is 2. The minimum atomic E-state index is 0.538. The summed E-state index contributed by atoms with van der Waals surface area (Å²) in [5, 5.41) is 0.538. The first-order chi connectivity index (χ1) is 10.6. The topological polar surface area (TPSA) is 25.2 Å². The fourth-order valence-corrected chi connectivity index (χ4v) is 2.41. The molecule has 0 aliphatic carbocycles. The molecule has 1 aromatic carbocycles. The van der Waals surface area contributed by atoms with Crippen molar-refractivity contribution in [2.24, 2.45) is 4.99 Å².